The lowest BCUT2D eigenvalue weighted by molar-refractivity contribution is 0.00786. The van der Waals surface area contributed by atoms with Crippen LogP contribution in [0.4, 0.5) is 0 Å². The van der Waals surface area contributed by atoms with Crippen LogP contribution in [0.2, 0.25) is 0 Å². The standard InChI is InChI=1S/C15H29N5O/c1-4-10-16-13(11-14-17-19-20(2)18-14)15(21-3)12-8-6-5-7-9-12/h12-13,15-16H,4-11H2,1-3H3. The molecule has 1 aliphatic rings. The van der Waals surface area contributed by atoms with E-state index in [2.05, 4.69) is 27.7 Å². The third-order valence-corrected chi connectivity index (χ3v) is 4.39. The first-order chi connectivity index (χ1) is 10.2. The van der Waals surface area contributed by atoms with E-state index in [1.807, 2.05) is 7.11 Å². The van der Waals surface area contributed by atoms with Crippen LogP contribution in [0.3, 0.4) is 0 Å². The Morgan fingerprint density at radius 2 is 2.10 bits per heavy atom. The van der Waals surface area contributed by atoms with Gasteiger partial charge >= 0.3 is 0 Å². The summed E-state index contributed by atoms with van der Waals surface area (Å²) in [7, 11) is 3.64. The predicted molar refractivity (Wildman–Crippen MR) is 82.0 cm³/mol. The number of ether oxygens (including phenoxy) is 1. The van der Waals surface area contributed by atoms with Crippen LogP contribution in [-0.2, 0) is 18.2 Å². The maximum absolute atomic E-state index is 5.88. The van der Waals surface area contributed by atoms with Gasteiger partial charge in [-0.05, 0) is 36.9 Å². The van der Waals surface area contributed by atoms with Crippen molar-refractivity contribution in [3.8, 4) is 0 Å². The largest absolute Gasteiger partial charge is 0.380 e. The van der Waals surface area contributed by atoms with Crippen molar-refractivity contribution < 1.29 is 4.74 Å². The van der Waals surface area contributed by atoms with Crippen LogP contribution in [0.25, 0.3) is 0 Å². The normalized spacial score (nSPS) is 19.6. The van der Waals surface area contributed by atoms with Crippen LogP contribution in [0.1, 0.15) is 51.3 Å². The molecule has 0 bridgehead atoms. The second-order valence-corrected chi connectivity index (χ2v) is 6.06. The second-order valence-electron chi connectivity index (χ2n) is 6.06. The van der Waals surface area contributed by atoms with Crippen LogP contribution >= 0.6 is 0 Å². The van der Waals surface area contributed by atoms with E-state index in [0.29, 0.717) is 5.92 Å². The highest BCUT2D eigenvalue weighted by Crippen LogP contribution is 2.29. The fourth-order valence-electron chi connectivity index (χ4n) is 3.38. The molecule has 2 unspecified atom stereocenters. The molecule has 2 rings (SSSR count). The van der Waals surface area contributed by atoms with Crippen molar-refractivity contribution in [3.63, 3.8) is 0 Å². The van der Waals surface area contributed by atoms with Gasteiger partial charge in [0, 0.05) is 19.6 Å². The number of aromatic nitrogens is 4. The zero-order valence-electron chi connectivity index (χ0n) is 13.6. The summed E-state index contributed by atoms with van der Waals surface area (Å²) < 4.78 is 5.88. The Kier molecular flexibility index (Phi) is 6.57. The van der Waals surface area contributed by atoms with Gasteiger partial charge in [0.1, 0.15) is 0 Å². The monoisotopic (exact) mass is 295 g/mol. The molecule has 1 aromatic rings. The molecule has 120 valence electrons. The van der Waals surface area contributed by atoms with E-state index in [0.717, 1.165) is 25.2 Å². The zero-order chi connectivity index (χ0) is 15.1. The molecule has 1 saturated carbocycles. The number of nitrogens with one attached hydrogen (secondary N) is 1. The van der Waals surface area contributed by atoms with Gasteiger partial charge in [-0.2, -0.15) is 4.80 Å². The Bertz CT molecular complexity index is 403. The van der Waals surface area contributed by atoms with Gasteiger partial charge in [-0.3, -0.25) is 0 Å². The lowest BCUT2D eigenvalue weighted by Gasteiger charge is -2.35. The number of nitrogens with zero attached hydrogens (tertiary/aromatic N) is 4. The number of hydrogen-bond acceptors (Lipinski definition) is 5. The third kappa shape index (κ3) is 4.74. The summed E-state index contributed by atoms with van der Waals surface area (Å²) in [5.41, 5.74) is 0. The van der Waals surface area contributed by atoms with Crippen LogP contribution < -0.4 is 5.32 Å². The Labute approximate surface area is 127 Å². The first-order valence-electron chi connectivity index (χ1n) is 8.23. The van der Waals surface area contributed by atoms with E-state index in [9.17, 15) is 0 Å². The van der Waals surface area contributed by atoms with E-state index < -0.39 is 0 Å². The quantitative estimate of drug-likeness (QED) is 0.791. The number of tetrazole rings is 1. The average Bonchev–Trinajstić information content (AvgIpc) is 2.91. The van der Waals surface area contributed by atoms with Crippen LogP contribution in [0, 0.1) is 5.92 Å². The Morgan fingerprint density at radius 1 is 1.33 bits per heavy atom. The molecule has 21 heavy (non-hydrogen) atoms. The molecule has 6 heteroatoms. The summed E-state index contributed by atoms with van der Waals surface area (Å²) in [6, 6.07) is 0.266. The van der Waals surface area contributed by atoms with Crippen molar-refractivity contribution in [1.82, 2.24) is 25.5 Å². The molecule has 0 spiro atoms. The van der Waals surface area contributed by atoms with Gasteiger partial charge < -0.3 is 10.1 Å². The number of aryl methyl sites for hydroxylation is 1. The highest BCUT2D eigenvalue weighted by molar-refractivity contribution is 4.92. The molecule has 0 radical (unpaired) electrons. The van der Waals surface area contributed by atoms with Crippen LogP contribution in [-0.4, -0.2) is 46.0 Å². The van der Waals surface area contributed by atoms with Crippen LogP contribution in [0.5, 0.6) is 0 Å². The molecule has 1 N–H and O–H groups in total. The molecule has 0 amide bonds. The smallest absolute Gasteiger partial charge is 0.176 e. The van der Waals surface area contributed by atoms with Gasteiger partial charge in [-0.25, -0.2) is 0 Å². The Morgan fingerprint density at radius 3 is 2.67 bits per heavy atom. The fraction of sp³-hybridized carbons (Fsp3) is 0.933. The fourth-order valence-corrected chi connectivity index (χ4v) is 3.38. The van der Waals surface area contributed by atoms with Crippen molar-refractivity contribution in [2.75, 3.05) is 13.7 Å². The summed E-state index contributed by atoms with van der Waals surface area (Å²) in [6.45, 7) is 3.19. The van der Waals surface area contributed by atoms with Crippen molar-refractivity contribution in [2.45, 2.75) is 64.0 Å². The summed E-state index contributed by atoms with van der Waals surface area (Å²) in [6.07, 6.45) is 8.71. The Balaban J connectivity index is 2.04. The molecule has 0 saturated heterocycles. The van der Waals surface area contributed by atoms with Crippen molar-refractivity contribution in [1.29, 1.82) is 0 Å². The maximum Gasteiger partial charge on any atom is 0.176 e. The molecule has 6 nitrogen and oxygen atoms in total. The molecule has 0 aliphatic heterocycles. The summed E-state index contributed by atoms with van der Waals surface area (Å²) >= 11 is 0. The average molecular weight is 295 g/mol. The molecule has 1 heterocycles. The lowest BCUT2D eigenvalue weighted by atomic mass is 9.81. The SMILES string of the molecule is CCCNC(Cc1nnn(C)n1)C(OC)C1CCCCC1. The van der Waals surface area contributed by atoms with Gasteiger partial charge in [-0.1, -0.05) is 26.2 Å². The van der Waals surface area contributed by atoms with E-state index in [1.165, 1.54) is 36.9 Å². The first kappa shape index (κ1) is 16.4. The molecular weight excluding hydrogens is 266 g/mol. The lowest BCUT2D eigenvalue weighted by Crippen LogP contribution is -2.47. The van der Waals surface area contributed by atoms with Gasteiger partial charge in [0.2, 0.25) is 0 Å². The minimum Gasteiger partial charge on any atom is -0.380 e. The minimum absolute atomic E-state index is 0.237. The molecule has 1 aliphatic carbocycles. The van der Waals surface area contributed by atoms with E-state index in [1.54, 1.807) is 7.05 Å². The maximum atomic E-state index is 5.88. The Hall–Kier alpha value is -1.01. The summed E-state index contributed by atoms with van der Waals surface area (Å²) in [5, 5.41) is 16.0. The molecular formula is C15H29N5O. The molecule has 1 aromatic heterocycles. The van der Waals surface area contributed by atoms with Crippen molar-refractivity contribution >= 4 is 0 Å². The molecule has 0 aromatic carbocycles. The highest BCUT2D eigenvalue weighted by atomic mass is 16.5. The summed E-state index contributed by atoms with van der Waals surface area (Å²) in [5.74, 6) is 1.44. The van der Waals surface area contributed by atoms with E-state index in [-0.39, 0.29) is 12.1 Å². The van der Waals surface area contributed by atoms with Gasteiger partial charge in [0.15, 0.2) is 5.82 Å². The summed E-state index contributed by atoms with van der Waals surface area (Å²) in [4.78, 5) is 1.52. The predicted octanol–water partition coefficient (Wildman–Crippen LogP) is 1.72. The van der Waals surface area contributed by atoms with E-state index in [4.69, 9.17) is 4.74 Å². The number of methoxy groups -OCH3 is 1. The van der Waals surface area contributed by atoms with Crippen molar-refractivity contribution in [3.05, 3.63) is 5.82 Å². The first-order valence-corrected chi connectivity index (χ1v) is 8.23. The topological polar surface area (TPSA) is 64.9 Å². The second kappa shape index (κ2) is 8.44. The van der Waals surface area contributed by atoms with Gasteiger partial charge in [0.05, 0.1) is 13.2 Å². The van der Waals surface area contributed by atoms with Gasteiger partial charge in [0.25, 0.3) is 0 Å². The number of hydrogen-bond donors (Lipinski definition) is 1. The van der Waals surface area contributed by atoms with Crippen molar-refractivity contribution in [2.24, 2.45) is 13.0 Å². The third-order valence-electron chi connectivity index (χ3n) is 4.39. The molecule has 1 fully saturated rings. The zero-order valence-corrected chi connectivity index (χ0v) is 13.6. The molecule has 2 atom stereocenters. The van der Waals surface area contributed by atoms with Crippen LogP contribution in [0.15, 0.2) is 0 Å². The van der Waals surface area contributed by atoms with Gasteiger partial charge in [-0.15, -0.1) is 10.2 Å². The number of rotatable bonds is 8. The van der Waals surface area contributed by atoms with E-state index >= 15 is 0 Å². The highest BCUT2D eigenvalue weighted by Gasteiger charge is 2.31. The minimum atomic E-state index is 0.237.